The summed E-state index contributed by atoms with van der Waals surface area (Å²) >= 11 is 0. The van der Waals surface area contributed by atoms with E-state index in [1.165, 1.54) is 6.92 Å². The van der Waals surface area contributed by atoms with Gasteiger partial charge in [-0.3, -0.25) is 4.79 Å². The number of carboxylic acid groups (broad SMARTS) is 2. The molecule has 0 bridgehead atoms. The summed E-state index contributed by atoms with van der Waals surface area (Å²) < 4.78 is 26.7. The van der Waals surface area contributed by atoms with Crippen LogP contribution in [0.2, 0.25) is 0 Å². The number of anilines is 1. The van der Waals surface area contributed by atoms with E-state index < -0.39 is 29.6 Å². The number of benzene rings is 1. The van der Waals surface area contributed by atoms with Gasteiger partial charge in [-0.05, 0) is 19.1 Å². The third-order valence-corrected chi connectivity index (χ3v) is 2.61. The Kier molecular flexibility index (Phi) is 4.80. The summed E-state index contributed by atoms with van der Waals surface area (Å²) in [5.74, 6) is -3.94. The van der Waals surface area contributed by atoms with E-state index in [2.05, 4.69) is 0 Å². The Labute approximate surface area is 108 Å². The maximum atomic E-state index is 13.6. The lowest BCUT2D eigenvalue weighted by atomic mass is 10.2. The summed E-state index contributed by atoms with van der Waals surface area (Å²) in [5, 5.41) is 17.5. The van der Waals surface area contributed by atoms with Gasteiger partial charge < -0.3 is 15.1 Å². The van der Waals surface area contributed by atoms with Crippen LogP contribution in [-0.4, -0.2) is 34.7 Å². The first-order chi connectivity index (χ1) is 8.82. The van der Waals surface area contributed by atoms with Crippen molar-refractivity contribution in [1.29, 1.82) is 0 Å². The number of hydrogen-bond acceptors (Lipinski definition) is 3. The van der Waals surface area contributed by atoms with E-state index in [-0.39, 0.29) is 18.7 Å². The average molecular weight is 273 g/mol. The monoisotopic (exact) mass is 273 g/mol. The maximum Gasteiger partial charge on any atom is 0.326 e. The van der Waals surface area contributed by atoms with E-state index >= 15 is 0 Å². The van der Waals surface area contributed by atoms with Crippen LogP contribution in [0.3, 0.4) is 0 Å². The molecule has 0 saturated carbocycles. The topological polar surface area (TPSA) is 77.8 Å². The van der Waals surface area contributed by atoms with Gasteiger partial charge in [0, 0.05) is 12.6 Å². The van der Waals surface area contributed by atoms with E-state index in [1.807, 2.05) is 0 Å². The Hall–Kier alpha value is -2.18. The van der Waals surface area contributed by atoms with Crippen molar-refractivity contribution in [3.05, 3.63) is 29.8 Å². The molecular formula is C12H13F2NO4. The van der Waals surface area contributed by atoms with Crippen LogP contribution in [0.1, 0.15) is 13.3 Å². The Morgan fingerprint density at radius 3 is 2.47 bits per heavy atom. The maximum absolute atomic E-state index is 13.6. The predicted octanol–water partition coefficient (Wildman–Crippen LogP) is 1.72. The number of halogens is 2. The number of carbonyl (C=O) groups is 2. The van der Waals surface area contributed by atoms with Gasteiger partial charge in [0.2, 0.25) is 0 Å². The third kappa shape index (κ3) is 3.90. The van der Waals surface area contributed by atoms with Crippen molar-refractivity contribution in [2.24, 2.45) is 0 Å². The van der Waals surface area contributed by atoms with Gasteiger partial charge in [0.05, 0.1) is 12.1 Å². The van der Waals surface area contributed by atoms with Gasteiger partial charge in [-0.1, -0.05) is 0 Å². The molecule has 0 saturated heterocycles. The zero-order chi connectivity index (χ0) is 14.6. The second-order valence-corrected chi connectivity index (χ2v) is 3.95. The van der Waals surface area contributed by atoms with Gasteiger partial charge in [0.1, 0.15) is 17.7 Å². The highest BCUT2D eigenvalue weighted by atomic mass is 19.1. The number of rotatable bonds is 6. The molecule has 7 heteroatoms. The van der Waals surface area contributed by atoms with Crippen molar-refractivity contribution in [3.8, 4) is 0 Å². The Morgan fingerprint density at radius 1 is 1.32 bits per heavy atom. The Morgan fingerprint density at radius 2 is 1.95 bits per heavy atom. The van der Waals surface area contributed by atoms with Gasteiger partial charge >= 0.3 is 11.9 Å². The van der Waals surface area contributed by atoms with E-state index in [0.717, 1.165) is 23.1 Å². The van der Waals surface area contributed by atoms with Crippen molar-refractivity contribution >= 4 is 17.6 Å². The summed E-state index contributed by atoms with van der Waals surface area (Å²) in [7, 11) is 0. The van der Waals surface area contributed by atoms with Crippen LogP contribution in [0.5, 0.6) is 0 Å². The fourth-order valence-electron chi connectivity index (χ4n) is 1.58. The molecular weight excluding hydrogens is 260 g/mol. The highest BCUT2D eigenvalue weighted by molar-refractivity contribution is 5.78. The molecule has 0 aliphatic carbocycles. The molecule has 1 aromatic carbocycles. The predicted molar refractivity (Wildman–Crippen MR) is 63.1 cm³/mol. The third-order valence-electron chi connectivity index (χ3n) is 2.61. The van der Waals surface area contributed by atoms with E-state index in [4.69, 9.17) is 10.2 Å². The quantitative estimate of drug-likeness (QED) is 0.825. The molecule has 1 aromatic rings. The van der Waals surface area contributed by atoms with Crippen LogP contribution in [-0.2, 0) is 9.59 Å². The zero-order valence-electron chi connectivity index (χ0n) is 10.1. The van der Waals surface area contributed by atoms with Gasteiger partial charge in [0.25, 0.3) is 0 Å². The second-order valence-electron chi connectivity index (χ2n) is 3.95. The first-order valence-corrected chi connectivity index (χ1v) is 5.49. The molecule has 1 unspecified atom stereocenters. The highest BCUT2D eigenvalue weighted by Crippen LogP contribution is 2.23. The molecule has 19 heavy (non-hydrogen) atoms. The molecule has 2 N–H and O–H groups in total. The zero-order valence-corrected chi connectivity index (χ0v) is 10.1. The van der Waals surface area contributed by atoms with Crippen LogP contribution >= 0.6 is 0 Å². The lowest BCUT2D eigenvalue weighted by Gasteiger charge is -2.28. The second kappa shape index (κ2) is 6.12. The summed E-state index contributed by atoms with van der Waals surface area (Å²) in [6.07, 6.45) is -0.381. The van der Waals surface area contributed by atoms with Crippen LogP contribution < -0.4 is 4.90 Å². The molecule has 0 fully saturated rings. The smallest absolute Gasteiger partial charge is 0.326 e. The number of carboxylic acids is 2. The Balaban J connectivity index is 3.10. The lowest BCUT2D eigenvalue weighted by Crippen LogP contribution is -2.41. The summed E-state index contributed by atoms with van der Waals surface area (Å²) in [6, 6.07) is 1.44. The van der Waals surface area contributed by atoms with E-state index in [0.29, 0.717) is 0 Å². The average Bonchev–Trinajstić information content (AvgIpc) is 2.32. The standard InChI is InChI=1S/C12H13F2NO4/c1-7(12(18)19)15(5-4-11(16)17)10-6-8(13)2-3-9(10)14/h2-3,6-7H,4-5H2,1H3,(H,16,17)(H,18,19). The minimum atomic E-state index is -1.26. The lowest BCUT2D eigenvalue weighted by molar-refractivity contribution is -0.139. The first kappa shape index (κ1) is 14.9. The van der Waals surface area contributed by atoms with Crippen molar-refractivity contribution in [2.75, 3.05) is 11.4 Å². The van der Waals surface area contributed by atoms with Crippen molar-refractivity contribution < 1.29 is 28.6 Å². The summed E-state index contributed by atoms with van der Waals surface area (Å²) in [6.45, 7) is 1.04. The molecule has 104 valence electrons. The van der Waals surface area contributed by atoms with Gasteiger partial charge in [-0.2, -0.15) is 0 Å². The van der Waals surface area contributed by atoms with Crippen molar-refractivity contribution in [1.82, 2.24) is 0 Å². The molecule has 0 aliphatic heterocycles. The van der Waals surface area contributed by atoms with Crippen LogP contribution in [0.15, 0.2) is 18.2 Å². The van der Waals surface area contributed by atoms with Crippen LogP contribution in [0.25, 0.3) is 0 Å². The number of nitrogens with zero attached hydrogens (tertiary/aromatic N) is 1. The van der Waals surface area contributed by atoms with Crippen LogP contribution in [0.4, 0.5) is 14.5 Å². The molecule has 0 spiro atoms. The molecule has 0 heterocycles. The number of aliphatic carboxylic acids is 2. The van der Waals surface area contributed by atoms with Gasteiger partial charge in [-0.25, -0.2) is 13.6 Å². The van der Waals surface area contributed by atoms with E-state index in [9.17, 15) is 18.4 Å². The molecule has 0 radical (unpaired) electrons. The van der Waals surface area contributed by atoms with E-state index in [1.54, 1.807) is 0 Å². The molecule has 0 aromatic heterocycles. The highest BCUT2D eigenvalue weighted by Gasteiger charge is 2.24. The molecule has 0 aliphatic rings. The normalized spacial score (nSPS) is 11.9. The SMILES string of the molecule is CC(C(=O)O)N(CCC(=O)O)c1cc(F)ccc1F. The van der Waals surface area contributed by atoms with Gasteiger partial charge in [-0.15, -0.1) is 0 Å². The first-order valence-electron chi connectivity index (χ1n) is 5.49. The van der Waals surface area contributed by atoms with Crippen molar-refractivity contribution in [3.63, 3.8) is 0 Å². The summed E-state index contributed by atoms with van der Waals surface area (Å²) in [4.78, 5) is 22.5. The van der Waals surface area contributed by atoms with Crippen molar-refractivity contribution in [2.45, 2.75) is 19.4 Å². The van der Waals surface area contributed by atoms with Gasteiger partial charge in [0.15, 0.2) is 0 Å². The number of hydrogen-bond donors (Lipinski definition) is 2. The summed E-state index contributed by atoms with van der Waals surface area (Å²) in [5.41, 5.74) is -0.267. The minimum Gasteiger partial charge on any atom is -0.481 e. The molecule has 0 amide bonds. The largest absolute Gasteiger partial charge is 0.481 e. The molecule has 1 rings (SSSR count). The Bertz CT molecular complexity index is 493. The minimum absolute atomic E-state index is 0.233. The van der Waals surface area contributed by atoms with Crippen LogP contribution in [0, 0.1) is 11.6 Å². The fraction of sp³-hybridized carbons (Fsp3) is 0.333. The fourth-order valence-corrected chi connectivity index (χ4v) is 1.58. The molecule has 1 atom stereocenters. The molecule has 5 nitrogen and oxygen atoms in total.